The van der Waals surface area contributed by atoms with Crippen molar-refractivity contribution in [1.29, 1.82) is 0 Å². The number of amides is 1. The van der Waals surface area contributed by atoms with Crippen LogP contribution in [-0.2, 0) is 21.4 Å². The van der Waals surface area contributed by atoms with Crippen LogP contribution in [0, 0.1) is 5.82 Å². The van der Waals surface area contributed by atoms with E-state index in [-0.39, 0.29) is 12.2 Å². The molecule has 2 N–H and O–H groups in total. The van der Waals surface area contributed by atoms with Crippen LogP contribution in [0.5, 0.6) is 0 Å². The molecule has 0 saturated carbocycles. The highest BCUT2D eigenvalue weighted by atomic mass is 32.2. The largest absolute Gasteiger partial charge is 0.326 e. The third-order valence-corrected chi connectivity index (χ3v) is 5.36. The van der Waals surface area contributed by atoms with Gasteiger partial charge in [-0.3, -0.25) is 4.79 Å². The van der Waals surface area contributed by atoms with Gasteiger partial charge in [-0.15, -0.1) is 0 Å². The number of hydrogen-bond acceptors (Lipinski definition) is 4. The molecule has 0 spiro atoms. The van der Waals surface area contributed by atoms with Crippen molar-refractivity contribution in [3.05, 3.63) is 29.6 Å². The van der Waals surface area contributed by atoms with E-state index in [4.69, 9.17) is 5.73 Å². The molecule has 1 fully saturated rings. The van der Waals surface area contributed by atoms with Gasteiger partial charge in [-0.2, -0.15) is 0 Å². The van der Waals surface area contributed by atoms with Crippen molar-refractivity contribution in [2.24, 2.45) is 5.73 Å². The lowest BCUT2D eigenvalue weighted by molar-refractivity contribution is -0.120. The van der Waals surface area contributed by atoms with Crippen molar-refractivity contribution in [3.63, 3.8) is 0 Å². The Morgan fingerprint density at radius 1 is 1.39 bits per heavy atom. The second-order valence-electron chi connectivity index (χ2n) is 4.57. The fourth-order valence-electron chi connectivity index (χ4n) is 1.73. The molecule has 1 heterocycles. The van der Waals surface area contributed by atoms with Gasteiger partial charge in [-0.25, -0.2) is 17.1 Å². The maximum Gasteiger partial charge on any atom is 0.263 e. The van der Waals surface area contributed by atoms with E-state index in [2.05, 4.69) is 0 Å². The zero-order valence-electron chi connectivity index (χ0n) is 9.97. The van der Waals surface area contributed by atoms with Crippen molar-refractivity contribution in [1.82, 2.24) is 0 Å². The third-order valence-electron chi connectivity index (χ3n) is 3.05. The number of anilines is 1. The summed E-state index contributed by atoms with van der Waals surface area (Å²) in [4.78, 5) is 11.8. The van der Waals surface area contributed by atoms with Crippen molar-refractivity contribution in [2.45, 2.75) is 25.1 Å². The quantitative estimate of drug-likeness (QED) is 0.861. The zero-order valence-corrected chi connectivity index (χ0v) is 10.8. The Balaban J connectivity index is 2.50. The van der Waals surface area contributed by atoms with Crippen LogP contribution in [0.2, 0.25) is 0 Å². The molecule has 1 aliphatic heterocycles. The second-order valence-corrected chi connectivity index (χ2v) is 6.91. The molecule has 0 bridgehead atoms. The third kappa shape index (κ3) is 1.47. The molecule has 5 nitrogen and oxygen atoms in total. The Labute approximate surface area is 104 Å². The number of rotatable bonds is 2. The molecule has 7 heteroatoms. The Morgan fingerprint density at radius 2 is 2.00 bits per heavy atom. The van der Waals surface area contributed by atoms with E-state index in [1.54, 1.807) is 0 Å². The molecule has 0 aromatic heterocycles. The molecule has 0 aliphatic carbocycles. The van der Waals surface area contributed by atoms with Gasteiger partial charge in [-0.1, -0.05) is 6.07 Å². The molecule has 1 amide bonds. The minimum Gasteiger partial charge on any atom is -0.326 e. The molecule has 0 radical (unpaired) electrons. The number of hydrogen-bond donors (Lipinski definition) is 1. The highest BCUT2D eigenvalue weighted by molar-refractivity contribution is 7.98. The number of halogens is 1. The molecule has 1 saturated heterocycles. The molecule has 0 atom stereocenters. The standard InChI is InChI=1S/C11H13FN2O3S/c1-11(2)10(15)14(18(11,16)17)9-4-3-7(6-13)5-8(9)12/h3-5H,6,13H2,1-2H3. The fourth-order valence-corrected chi connectivity index (χ4v) is 3.22. The molecule has 18 heavy (non-hydrogen) atoms. The summed E-state index contributed by atoms with van der Waals surface area (Å²) in [6, 6.07) is 3.87. The molecule has 1 aromatic carbocycles. The van der Waals surface area contributed by atoms with Crippen molar-refractivity contribution in [2.75, 3.05) is 4.31 Å². The normalized spacial score (nSPS) is 20.7. The number of benzene rings is 1. The van der Waals surface area contributed by atoms with E-state index in [9.17, 15) is 17.6 Å². The summed E-state index contributed by atoms with van der Waals surface area (Å²) in [5, 5.41) is 0. The molecule has 98 valence electrons. The Morgan fingerprint density at radius 3 is 2.44 bits per heavy atom. The smallest absolute Gasteiger partial charge is 0.263 e. The van der Waals surface area contributed by atoms with Gasteiger partial charge in [0.05, 0.1) is 5.69 Å². The first-order valence-electron chi connectivity index (χ1n) is 5.31. The van der Waals surface area contributed by atoms with E-state index in [0.29, 0.717) is 9.87 Å². The molecule has 1 aliphatic rings. The van der Waals surface area contributed by atoms with Gasteiger partial charge in [0.2, 0.25) is 0 Å². The lowest BCUT2D eigenvalue weighted by Crippen LogP contribution is -2.67. The van der Waals surface area contributed by atoms with Crippen molar-refractivity contribution < 1.29 is 17.6 Å². The summed E-state index contributed by atoms with van der Waals surface area (Å²) in [5.74, 6) is -1.41. The second kappa shape index (κ2) is 3.76. The summed E-state index contributed by atoms with van der Waals surface area (Å²) in [7, 11) is -3.83. The summed E-state index contributed by atoms with van der Waals surface area (Å²) in [6.07, 6.45) is 0. The number of nitrogens with zero attached hydrogens (tertiary/aromatic N) is 1. The summed E-state index contributed by atoms with van der Waals surface area (Å²) < 4.78 is 36.6. The molecule has 0 unspecified atom stereocenters. The molecular formula is C11H13FN2O3S. The van der Waals surface area contributed by atoms with E-state index in [0.717, 1.165) is 6.07 Å². The maximum absolute atomic E-state index is 13.8. The van der Waals surface area contributed by atoms with Gasteiger partial charge < -0.3 is 5.73 Å². The van der Waals surface area contributed by atoms with Crippen LogP contribution in [0.4, 0.5) is 10.1 Å². The van der Waals surface area contributed by atoms with Gasteiger partial charge in [-0.05, 0) is 31.5 Å². The Hall–Kier alpha value is -1.47. The van der Waals surface area contributed by atoms with Gasteiger partial charge in [0.25, 0.3) is 15.9 Å². The first-order chi connectivity index (χ1) is 8.23. The number of carbonyl (C=O) groups is 1. The van der Waals surface area contributed by atoms with Crippen LogP contribution in [0.1, 0.15) is 19.4 Å². The average molecular weight is 272 g/mol. The van der Waals surface area contributed by atoms with Gasteiger partial charge in [0, 0.05) is 6.54 Å². The van der Waals surface area contributed by atoms with Crippen LogP contribution in [0.15, 0.2) is 18.2 Å². The monoisotopic (exact) mass is 272 g/mol. The van der Waals surface area contributed by atoms with Crippen LogP contribution < -0.4 is 10.0 Å². The van der Waals surface area contributed by atoms with E-state index in [1.165, 1.54) is 26.0 Å². The number of nitrogens with two attached hydrogens (primary N) is 1. The van der Waals surface area contributed by atoms with Gasteiger partial charge in [0.15, 0.2) is 4.75 Å². The number of carbonyl (C=O) groups excluding carboxylic acids is 1. The lowest BCUT2D eigenvalue weighted by Gasteiger charge is -2.42. The SMILES string of the molecule is CC1(C)C(=O)N(c2ccc(CN)cc2F)S1(=O)=O. The predicted molar refractivity (Wildman–Crippen MR) is 64.8 cm³/mol. The van der Waals surface area contributed by atoms with Crippen LogP contribution in [0.25, 0.3) is 0 Å². The topological polar surface area (TPSA) is 80.5 Å². The Bertz CT molecular complexity index is 625. The zero-order chi connectivity index (χ0) is 13.7. The number of sulfonamides is 1. The average Bonchev–Trinajstić information content (AvgIpc) is 2.30. The molecular weight excluding hydrogens is 259 g/mol. The summed E-state index contributed by atoms with van der Waals surface area (Å²) >= 11 is 0. The highest BCUT2D eigenvalue weighted by Crippen LogP contribution is 2.40. The minimum absolute atomic E-state index is 0.142. The van der Waals surface area contributed by atoms with Gasteiger partial charge >= 0.3 is 0 Å². The van der Waals surface area contributed by atoms with Crippen LogP contribution in [-0.4, -0.2) is 19.1 Å². The maximum atomic E-state index is 13.8. The summed E-state index contributed by atoms with van der Waals surface area (Å²) in [6.45, 7) is 2.74. The van der Waals surface area contributed by atoms with Crippen molar-refractivity contribution in [3.8, 4) is 0 Å². The summed E-state index contributed by atoms with van der Waals surface area (Å²) in [5.41, 5.74) is 5.62. The lowest BCUT2D eigenvalue weighted by atomic mass is 10.1. The van der Waals surface area contributed by atoms with Crippen LogP contribution >= 0.6 is 0 Å². The predicted octanol–water partition coefficient (Wildman–Crippen LogP) is 0.739. The first kappa shape index (κ1) is 13.0. The molecule has 2 rings (SSSR count). The van der Waals surface area contributed by atoms with E-state index in [1.807, 2.05) is 0 Å². The van der Waals surface area contributed by atoms with E-state index < -0.39 is 26.5 Å². The first-order valence-corrected chi connectivity index (χ1v) is 6.75. The minimum atomic E-state index is -3.83. The Kier molecular flexibility index (Phi) is 2.71. The molecule has 1 aromatic rings. The fraction of sp³-hybridized carbons (Fsp3) is 0.364. The van der Waals surface area contributed by atoms with Crippen molar-refractivity contribution >= 4 is 21.6 Å². The van der Waals surface area contributed by atoms with Crippen LogP contribution in [0.3, 0.4) is 0 Å². The van der Waals surface area contributed by atoms with Gasteiger partial charge in [0.1, 0.15) is 5.82 Å². The highest BCUT2D eigenvalue weighted by Gasteiger charge is 2.61. The van der Waals surface area contributed by atoms with E-state index >= 15 is 0 Å².